The van der Waals surface area contributed by atoms with E-state index in [0.717, 1.165) is 21.8 Å². The molecule has 0 saturated heterocycles. The zero-order valence-electron chi connectivity index (χ0n) is 16.1. The van der Waals surface area contributed by atoms with Gasteiger partial charge >= 0.3 is 6.61 Å². The standard InChI is InChI=1S/C21H20F2N2O3S/c1-13-12-18(20(26)15(3)29-19-6-4-5-11-24(19)27)14(2)25(13)16-7-9-17(10-8-16)28-21(22)23/h4-12,15,21H,1-3H3. The van der Waals surface area contributed by atoms with Crippen LogP contribution in [0.5, 0.6) is 5.75 Å². The number of alkyl halides is 2. The van der Waals surface area contributed by atoms with Crippen LogP contribution in [-0.2, 0) is 0 Å². The number of rotatable bonds is 7. The number of ketones is 1. The third-order valence-corrected chi connectivity index (χ3v) is 5.60. The summed E-state index contributed by atoms with van der Waals surface area (Å²) in [5, 5.41) is 11.8. The summed E-state index contributed by atoms with van der Waals surface area (Å²) < 4.78 is 31.7. The summed E-state index contributed by atoms with van der Waals surface area (Å²) >= 11 is 1.20. The van der Waals surface area contributed by atoms with Gasteiger partial charge in [0.1, 0.15) is 5.75 Å². The van der Waals surface area contributed by atoms with Crippen LogP contribution in [0.15, 0.2) is 59.8 Å². The molecule has 0 fully saturated rings. The van der Waals surface area contributed by atoms with Crippen molar-refractivity contribution in [3.05, 3.63) is 76.9 Å². The summed E-state index contributed by atoms with van der Waals surface area (Å²) in [7, 11) is 0. The fraction of sp³-hybridized carbons (Fsp3) is 0.238. The average Bonchev–Trinajstić information content (AvgIpc) is 2.97. The second-order valence-electron chi connectivity index (χ2n) is 6.48. The Balaban J connectivity index is 1.85. The minimum atomic E-state index is -2.88. The van der Waals surface area contributed by atoms with Crippen molar-refractivity contribution in [1.29, 1.82) is 0 Å². The summed E-state index contributed by atoms with van der Waals surface area (Å²) in [6, 6.07) is 13.1. The van der Waals surface area contributed by atoms with Crippen molar-refractivity contribution in [3.8, 4) is 11.4 Å². The molecule has 8 heteroatoms. The van der Waals surface area contributed by atoms with Gasteiger partial charge in [-0.05, 0) is 68.9 Å². The van der Waals surface area contributed by atoms with E-state index in [1.165, 1.54) is 30.1 Å². The lowest BCUT2D eigenvalue weighted by Crippen LogP contribution is -2.29. The molecule has 3 aromatic rings. The average molecular weight is 418 g/mol. The summed E-state index contributed by atoms with van der Waals surface area (Å²) in [4.78, 5) is 13.0. The van der Waals surface area contributed by atoms with Crippen molar-refractivity contribution in [3.63, 3.8) is 0 Å². The van der Waals surface area contributed by atoms with Gasteiger partial charge in [0, 0.05) is 34.8 Å². The summed E-state index contributed by atoms with van der Waals surface area (Å²) in [5.74, 6) is -0.0165. The first-order chi connectivity index (χ1) is 13.8. The number of hydrogen-bond donors (Lipinski definition) is 0. The fourth-order valence-electron chi connectivity index (χ4n) is 3.14. The molecule has 0 aliphatic rings. The Kier molecular flexibility index (Phi) is 6.22. The lowest BCUT2D eigenvalue weighted by Gasteiger charge is -2.12. The van der Waals surface area contributed by atoms with E-state index in [1.54, 1.807) is 43.3 Å². The van der Waals surface area contributed by atoms with Crippen molar-refractivity contribution >= 4 is 17.5 Å². The number of carbonyl (C=O) groups is 1. The number of aryl methyl sites for hydroxylation is 1. The molecule has 0 bridgehead atoms. The van der Waals surface area contributed by atoms with Gasteiger partial charge < -0.3 is 14.5 Å². The third-order valence-electron chi connectivity index (χ3n) is 4.47. The Hall–Kier alpha value is -2.87. The molecule has 3 rings (SSSR count). The topological polar surface area (TPSA) is 58.2 Å². The molecule has 152 valence electrons. The summed E-state index contributed by atoms with van der Waals surface area (Å²) in [6.07, 6.45) is 1.40. The number of ether oxygens (including phenoxy) is 1. The van der Waals surface area contributed by atoms with Gasteiger partial charge in [-0.3, -0.25) is 4.79 Å². The van der Waals surface area contributed by atoms with E-state index >= 15 is 0 Å². The predicted octanol–water partition coefficient (Wildman–Crippen LogP) is 4.69. The van der Waals surface area contributed by atoms with E-state index in [1.807, 2.05) is 18.4 Å². The minimum absolute atomic E-state index is 0.0707. The highest BCUT2D eigenvalue weighted by atomic mass is 32.2. The Morgan fingerprint density at radius 3 is 2.48 bits per heavy atom. The van der Waals surface area contributed by atoms with Crippen LogP contribution in [0, 0.1) is 19.1 Å². The zero-order chi connectivity index (χ0) is 21.1. The van der Waals surface area contributed by atoms with Gasteiger partial charge in [0.05, 0.1) is 5.25 Å². The SMILES string of the molecule is Cc1cc(C(=O)C(C)Sc2cccc[n+]2[O-])c(C)n1-c1ccc(OC(F)F)cc1. The molecule has 0 radical (unpaired) electrons. The summed E-state index contributed by atoms with van der Waals surface area (Å²) in [5.41, 5.74) is 2.87. The molecule has 29 heavy (non-hydrogen) atoms. The van der Waals surface area contributed by atoms with Gasteiger partial charge in [-0.25, -0.2) is 0 Å². The van der Waals surface area contributed by atoms with Crippen LogP contribution >= 0.6 is 11.8 Å². The molecule has 2 heterocycles. The van der Waals surface area contributed by atoms with Crippen LogP contribution in [0.3, 0.4) is 0 Å². The molecule has 0 spiro atoms. The van der Waals surface area contributed by atoms with Gasteiger partial charge in [-0.15, -0.1) is 0 Å². The number of pyridine rings is 1. The molecular formula is C21H20F2N2O3S. The number of halogens is 2. The second kappa shape index (κ2) is 8.65. The molecule has 5 nitrogen and oxygen atoms in total. The number of Topliss-reactive ketones (excluding diaryl/α,β-unsaturated/α-hetero) is 1. The maximum absolute atomic E-state index is 13.0. The summed E-state index contributed by atoms with van der Waals surface area (Å²) in [6.45, 7) is 2.59. The van der Waals surface area contributed by atoms with Gasteiger partial charge in [-0.2, -0.15) is 13.5 Å². The van der Waals surface area contributed by atoms with Crippen LogP contribution in [0.4, 0.5) is 8.78 Å². The van der Waals surface area contributed by atoms with Gasteiger partial charge in [0.25, 0.3) is 5.03 Å². The van der Waals surface area contributed by atoms with E-state index in [4.69, 9.17) is 0 Å². The number of hydrogen-bond acceptors (Lipinski definition) is 4. The van der Waals surface area contributed by atoms with Gasteiger partial charge in [0.2, 0.25) is 0 Å². The third kappa shape index (κ3) is 4.59. The van der Waals surface area contributed by atoms with Crippen LogP contribution in [0.25, 0.3) is 5.69 Å². The number of carbonyl (C=O) groups excluding carboxylic acids is 1. The molecule has 0 saturated carbocycles. The maximum Gasteiger partial charge on any atom is 0.387 e. The van der Waals surface area contributed by atoms with Crippen molar-refractivity contribution in [2.45, 2.75) is 37.7 Å². The monoisotopic (exact) mass is 418 g/mol. The highest BCUT2D eigenvalue weighted by Crippen LogP contribution is 2.28. The van der Waals surface area contributed by atoms with Crippen LogP contribution in [-0.4, -0.2) is 22.2 Å². The van der Waals surface area contributed by atoms with E-state index < -0.39 is 11.9 Å². The fourth-order valence-corrected chi connectivity index (χ4v) is 4.06. The number of nitrogens with zero attached hydrogens (tertiary/aromatic N) is 2. The number of aromatic nitrogens is 2. The lowest BCUT2D eigenvalue weighted by molar-refractivity contribution is -0.645. The van der Waals surface area contributed by atoms with Crippen LogP contribution < -0.4 is 9.47 Å². The Bertz CT molecular complexity index is 1020. The Morgan fingerprint density at radius 2 is 1.86 bits per heavy atom. The van der Waals surface area contributed by atoms with Crippen molar-refractivity contribution in [2.75, 3.05) is 0 Å². The van der Waals surface area contributed by atoms with E-state index in [0.29, 0.717) is 10.6 Å². The largest absolute Gasteiger partial charge is 0.618 e. The highest BCUT2D eigenvalue weighted by molar-refractivity contribution is 8.00. The van der Waals surface area contributed by atoms with E-state index in [2.05, 4.69) is 4.74 Å². The predicted molar refractivity (Wildman–Crippen MR) is 107 cm³/mol. The van der Waals surface area contributed by atoms with Crippen LogP contribution in [0.2, 0.25) is 0 Å². The molecular weight excluding hydrogens is 398 g/mol. The van der Waals surface area contributed by atoms with Crippen molar-refractivity contribution < 1.29 is 23.0 Å². The van der Waals surface area contributed by atoms with Crippen molar-refractivity contribution in [1.82, 2.24) is 4.57 Å². The normalized spacial score (nSPS) is 12.2. The first-order valence-corrected chi connectivity index (χ1v) is 9.79. The lowest BCUT2D eigenvalue weighted by atomic mass is 10.1. The first kappa shape index (κ1) is 20.9. The second-order valence-corrected chi connectivity index (χ2v) is 7.84. The van der Waals surface area contributed by atoms with E-state index in [9.17, 15) is 18.8 Å². The first-order valence-electron chi connectivity index (χ1n) is 8.91. The molecule has 0 aliphatic heterocycles. The van der Waals surface area contributed by atoms with Gasteiger partial charge in [-0.1, -0.05) is 0 Å². The number of benzene rings is 1. The molecule has 1 atom stereocenters. The minimum Gasteiger partial charge on any atom is -0.618 e. The Morgan fingerprint density at radius 1 is 1.17 bits per heavy atom. The van der Waals surface area contributed by atoms with E-state index in [-0.39, 0.29) is 11.5 Å². The zero-order valence-corrected chi connectivity index (χ0v) is 17.0. The highest BCUT2D eigenvalue weighted by Gasteiger charge is 2.24. The maximum atomic E-state index is 13.0. The molecule has 0 amide bonds. The molecule has 2 aromatic heterocycles. The molecule has 1 unspecified atom stereocenters. The van der Waals surface area contributed by atoms with Crippen molar-refractivity contribution in [2.24, 2.45) is 0 Å². The molecule has 1 aromatic carbocycles. The molecule has 0 N–H and O–H groups in total. The quantitative estimate of drug-likeness (QED) is 0.242. The smallest absolute Gasteiger partial charge is 0.387 e. The van der Waals surface area contributed by atoms with Crippen LogP contribution in [0.1, 0.15) is 28.7 Å². The van der Waals surface area contributed by atoms with Gasteiger partial charge in [0.15, 0.2) is 12.0 Å². The number of thioether (sulfide) groups is 1. The Labute approximate surface area is 171 Å². The molecule has 0 aliphatic carbocycles.